The highest BCUT2D eigenvalue weighted by Crippen LogP contribution is 2.34. The van der Waals surface area contributed by atoms with Crippen molar-refractivity contribution in [3.63, 3.8) is 0 Å². The predicted octanol–water partition coefficient (Wildman–Crippen LogP) is 3.35. The molecule has 1 aromatic carbocycles. The van der Waals surface area contributed by atoms with E-state index in [-0.39, 0.29) is 0 Å². The van der Waals surface area contributed by atoms with Crippen molar-refractivity contribution >= 4 is 23.2 Å². The third-order valence-electron chi connectivity index (χ3n) is 5.58. The van der Waals surface area contributed by atoms with E-state index < -0.39 is 0 Å². The fraction of sp³-hybridized carbons (Fsp3) is 0.400. The van der Waals surface area contributed by atoms with Crippen LogP contribution in [0.5, 0.6) is 5.75 Å². The molecule has 1 unspecified atom stereocenters. The topological polar surface area (TPSA) is 53.3 Å². The fourth-order valence-corrected chi connectivity index (χ4v) is 3.90. The number of fused-ring (bicyclic) bond motifs is 2. The summed E-state index contributed by atoms with van der Waals surface area (Å²) in [6.45, 7) is 7.04. The molecule has 1 atom stereocenters. The van der Waals surface area contributed by atoms with E-state index in [1.54, 1.807) is 6.20 Å². The van der Waals surface area contributed by atoms with Gasteiger partial charge in [-0.1, -0.05) is 12.1 Å². The molecule has 3 aliphatic rings. The second-order valence-electron chi connectivity index (χ2n) is 7.02. The van der Waals surface area contributed by atoms with E-state index >= 15 is 0 Å². The predicted molar refractivity (Wildman–Crippen MR) is 101 cm³/mol. The van der Waals surface area contributed by atoms with Crippen molar-refractivity contribution in [2.24, 2.45) is 9.98 Å². The van der Waals surface area contributed by atoms with Crippen LogP contribution in [0.25, 0.3) is 0 Å². The Balaban J connectivity index is 1.26. The number of nitrogens with zero attached hydrogens (tertiary/aromatic N) is 5. The van der Waals surface area contributed by atoms with Crippen LogP contribution in [0, 0.1) is 0 Å². The molecule has 0 radical (unpaired) electrons. The van der Waals surface area contributed by atoms with Gasteiger partial charge < -0.3 is 9.64 Å². The minimum atomic E-state index is 0.387. The van der Waals surface area contributed by atoms with Crippen molar-refractivity contribution in [1.82, 2.24) is 9.88 Å². The molecule has 0 aliphatic carbocycles. The zero-order valence-corrected chi connectivity index (χ0v) is 14.9. The van der Waals surface area contributed by atoms with Gasteiger partial charge in [-0.05, 0) is 24.1 Å². The van der Waals surface area contributed by atoms with Crippen LogP contribution in [0.2, 0.25) is 0 Å². The van der Waals surface area contributed by atoms with Gasteiger partial charge in [0.1, 0.15) is 29.0 Å². The maximum Gasteiger partial charge on any atom is 0.130 e. The first-order valence-corrected chi connectivity index (χ1v) is 9.19. The lowest BCUT2D eigenvalue weighted by atomic mass is 10.0. The molecule has 0 saturated carbocycles. The SMILES string of the molecule is CC(c1ccc2c(c1)OCC2)N1CCN(c2cc3c(cn2)N=C=N3)CC1. The van der Waals surface area contributed by atoms with E-state index in [1.165, 1.54) is 11.1 Å². The van der Waals surface area contributed by atoms with E-state index in [0.29, 0.717) is 6.04 Å². The second-order valence-corrected chi connectivity index (χ2v) is 7.02. The van der Waals surface area contributed by atoms with Gasteiger partial charge in [-0.15, -0.1) is 0 Å². The van der Waals surface area contributed by atoms with Gasteiger partial charge >= 0.3 is 0 Å². The lowest BCUT2D eigenvalue weighted by molar-refractivity contribution is 0.198. The van der Waals surface area contributed by atoms with Crippen LogP contribution in [-0.4, -0.2) is 48.7 Å². The minimum Gasteiger partial charge on any atom is -0.493 e. The van der Waals surface area contributed by atoms with Gasteiger partial charge in [0.25, 0.3) is 0 Å². The molecule has 2 aromatic rings. The first kappa shape index (κ1) is 15.6. The Morgan fingerprint density at radius 3 is 2.81 bits per heavy atom. The summed E-state index contributed by atoms with van der Waals surface area (Å²) in [4.78, 5) is 17.6. The lowest BCUT2D eigenvalue weighted by Gasteiger charge is -2.38. The van der Waals surface area contributed by atoms with Crippen LogP contribution in [0.15, 0.2) is 40.4 Å². The Morgan fingerprint density at radius 1 is 1.08 bits per heavy atom. The number of pyridine rings is 1. The molecule has 1 aromatic heterocycles. The molecular formula is C20H21N5O. The lowest BCUT2D eigenvalue weighted by Crippen LogP contribution is -2.47. The van der Waals surface area contributed by atoms with Crippen LogP contribution in [0.3, 0.4) is 0 Å². The largest absolute Gasteiger partial charge is 0.493 e. The molecule has 6 heteroatoms. The van der Waals surface area contributed by atoms with E-state index in [1.807, 2.05) is 6.07 Å². The van der Waals surface area contributed by atoms with E-state index in [9.17, 15) is 0 Å². The molecule has 132 valence electrons. The molecule has 5 rings (SSSR count). The third-order valence-corrected chi connectivity index (χ3v) is 5.58. The van der Waals surface area contributed by atoms with Crippen LogP contribution < -0.4 is 9.64 Å². The Bertz CT molecular complexity index is 910. The maximum atomic E-state index is 5.73. The number of hydrogen-bond donors (Lipinski definition) is 0. The number of benzene rings is 1. The molecular weight excluding hydrogens is 326 g/mol. The van der Waals surface area contributed by atoms with Crippen molar-refractivity contribution < 1.29 is 4.74 Å². The van der Waals surface area contributed by atoms with Gasteiger partial charge in [-0.2, -0.15) is 9.98 Å². The minimum absolute atomic E-state index is 0.387. The molecule has 6 nitrogen and oxygen atoms in total. The molecule has 3 aliphatic heterocycles. The molecule has 0 bridgehead atoms. The smallest absolute Gasteiger partial charge is 0.130 e. The summed E-state index contributed by atoms with van der Waals surface area (Å²) in [5, 5.41) is 0. The summed E-state index contributed by atoms with van der Waals surface area (Å²) >= 11 is 0. The number of aromatic nitrogens is 1. The standard InChI is InChI=1S/C20H21N5O/c1-14(16-3-2-15-4-9-26-19(15)10-16)24-5-7-25(8-6-24)20-11-17-18(12-21-20)23-13-22-17/h2-3,10-12,14H,4-9H2,1H3. The first-order valence-electron chi connectivity index (χ1n) is 9.19. The molecule has 26 heavy (non-hydrogen) atoms. The Kier molecular flexibility index (Phi) is 3.73. The summed E-state index contributed by atoms with van der Waals surface area (Å²) in [5.41, 5.74) is 4.34. The monoisotopic (exact) mass is 347 g/mol. The van der Waals surface area contributed by atoms with Gasteiger partial charge in [-0.25, -0.2) is 4.98 Å². The molecule has 1 fully saturated rings. The van der Waals surface area contributed by atoms with E-state index in [2.05, 4.69) is 55.9 Å². The van der Waals surface area contributed by atoms with Gasteiger partial charge in [0.2, 0.25) is 0 Å². The number of piperazine rings is 1. The summed E-state index contributed by atoms with van der Waals surface area (Å²) in [5.74, 6) is 2.04. The Hall–Kier alpha value is -2.69. The van der Waals surface area contributed by atoms with Crippen LogP contribution in [-0.2, 0) is 6.42 Å². The van der Waals surface area contributed by atoms with Crippen molar-refractivity contribution in [2.45, 2.75) is 19.4 Å². The first-order chi connectivity index (χ1) is 12.8. The highest BCUT2D eigenvalue weighted by Gasteiger charge is 2.24. The number of hydrogen-bond acceptors (Lipinski definition) is 6. The number of rotatable bonds is 3. The van der Waals surface area contributed by atoms with Crippen LogP contribution >= 0.6 is 0 Å². The molecule has 0 amide bonds. The van der Waals surface area contributed by atoms with Crippen molar-refractivity contribution in [1.29, 1.82) is 0 Å². The molecule has 4 heterocycles. The average Bonchev–Trinajstić information content (AvgIpc) is 3.35. The van der Waals surface area contributed by atoms with Crippen molar-refractivity contribution in [3.05, 3.63) is 41.6 Å². The number of anilines is 1. The van der Waals surface area contributed by atoms with Crippen LogP contribution in [0.1, 0.15) is 24.1 Å². The zero-order chi connectivity index (χ0) is 17.5. The summed E-state index contributed by atoms with van der Waals surface area (Å²) in [6.07, 6.45) is 2.82. The van der Waals surface area contributed by atoms with Gasteiger partial charge in [0.05, 0.1) is 12.8 Å². The van der Waals surface area contributed by atoms with Crippen LogP contribution in [0.4, 0.5) is 17.2 Å². The zero-order valence-electron chi connectivity index (χ0n) is 14.9. The summed E-state index contributed by atoms with van der Waals surface area (Å²) in [6, 6.07) is 11.7. The van der Waals surface area contributed by atoms with Gasteiger partial charge in [0, 0.05) is 44.7 Å². The summed E-state index contributed by atoms with van der Waals surface area (Å²) in [7, 11) is 0. The fourth-order valence-electron chi connectivity index (χ4n) is 3.90. The Labute approximate surface area is 152 Å². The maximum absolute atomic E-state index is 5.73. The Morgan fingerprint density at radius 2 is 1.92 bits per heavy atom. The highest BCUT2D eigenvalue weighted by molar-refractivity contribution is 5.76. The van der Waals surface area contributed by atoms with E-state index in [0.717, 1.165) is 62.1 Å². The number of aliphatic imine (C=N–C) groups is 2. The number of ether oxygens (including phenoxy) is 1. The highest BCUT2D eigenvalue weighted by atomic mass is 16.5. The summed E-state index contributed by atoms with van der Waals surface area (Å²) < 4.78 is 5.73. The molecule has 0 N–H and O–H groups in total. The van der Waals surface area contributed by atoms with Gasteiger partial charge in [0.15, 0.2) is 0 Å². The van der Waals surface area contributed by atoms with E-state index in [4.69, 9.17) is 4.74 Å². The average molecular weight is 347 g/mol. The molecule has 1 saturated heterocycles. The normalized spacial score (nSPS) is 19.3. The quantitative estimate of drug-likeness (QED) is 0.729. The molecule has 0 spiro atoms. The third kappa shape index (κ3) is 2.68. The second kappa shape index (κ2) is 6.24. The van der Waals surface area contributed by atoms with Crippen molar-refractivity contribution in [3.8, 4) is 5.75 Å². The van der Waals surface area contributed by atoms with Gasteiger partial charge in [-0.3, -0.25) is 4.90 Å². The van der Waals surface area contributed by atoms with Crippen molar-refractivity contribution in [2.75, 3.05) is 37.7 Å².